The van der Waals surface area contributed by atoms with Crippen LogP contribution in [0.5, 0.6) is 0 Å². The molecule has 12 nitrogen and oxygen atoms in total. The van der Waals surface area contributed by atoms with Gasteiger partial charge in [-0.1, -0.05) is 0 Å². The number of carbonyl (C=O) groups is 5. The largest absolute Gasteiger partial charge is 0.480 e. The molecule has 0 aliphatic rings. The van der Waals surface area contributed by atoms with Crippen LogP contribution in [0.25, 0.3) is 0 Å². The molecule has 28 heavy (non-hydrogen) atoms. The third-order valence-corrected chi connectivity index (χ3v) is 4.14. The van der Waals surface area contributed by atoms with E-state index in [1.54, 1.807) is 6.26 Å². The lowest BCUT2D eigenvalue weighted by molar-refractivity contribution is -0.143. The van der Waals surface area contributed by atoms with Crippen LogP contribution in [0.15, 0.2) is 0 Å². The highest BCUT2D eigenvalue weighted by Crippen LogP contribution is 2.03. The summed E-state index contributed by atoms with van der Waals surface area (Å²) >= 11 is 1.38. The lowest BCUT2D eigenvalue weighted by Gasteiger charge is -2.23. The number of primary amides is 1. The van der Waals surface area contributed by atoms with Gasteiger partial charge in [-0.05, 0) is 25.4 Å². The number of nitrogens with two attached hydrogens (primary N) is 2. The molecule has 4 atom stereocenters. The molecule has 0 radical (unpaired) electrons. The number of aliphatic hydroxyl groups is 1. The van der Waals surface area contributed by atoms with Crippen molar-refractivity contribution in [2.24, 2.45) is 11.5 Å². The van der Waals surface area contributed by atoms with Crippen LogP contribution < -0.4 is 27.4 Å². The number of thioether (sulfide) groups is 1. The van der Waals surface area contributed by atoms with Gasteiger partial charge < -0.3 is 37.6 Å². The third-order valence-electron chi connectivity index (χ3n) is 3.49. The second-order valence-corrected chi connectivity index (χ2v) is 6.93. The fourth-order valence-corrected chi connectivity index (χ4v) is 2.42. The number of nitrogens with one attached hydrogen (secondary N) is 3. The van der Waals surface area contributed by atoms with Gasteiger partial charge in [-0.15, -0.1) is 0 Å². The van der Waals surface area contributed by atoms with E-state index in [9.17, 15) is 29.1 Å². The Morgan fingerprint density at radius 1 is 0.964 bits per heavy atom. The maximum Gasteiger partial charge on any atom is 0.326 e. The first-order chi connectivity index (χ1) is 13.0. The Labute approximate surface area is 166 Å². The summed E-state index contributed by atoms with van der Waals surface area (Å²) in [6.07, 6.45) is 1.29. The lowest BCUT2D eigenvalue weighted by atomic mass is 10.1. The van der Waals surface area contributed by atoms with Crippen molar-refractivity contribution in [3.8, 4) is 0 Å². The second kappa shape index (κ2) is 12.9. The van der Waals surface area contributed by atoms with Gasteiger partial charge in [-0.25, -0.2) is 4.79 Å². The number of rotatable bonds is 13. The van der Waals surface area contributed by atoms with Gasteiger partial charge >= 0.3 is 5.97 Å². The van der Waals surface area contributed by atoms with E-state index in [0.717, 1.165) is 0 Å². The summed E-state index contributed by atoms with van der Waals surface area (Å²) < 4.78 is 0. The number of hydrogen-bond acceptors (Lipinski definition) is 8. The molecule has 0 fully saturated rings. The molecule has 0 aromatic heterocycles. The van der Waals surface area contributed by atoms with E-state index >= 15 is 0 Å². The number of carbonyl (C=O) groups excluding carboxylic acids is 4. The lowest BCUT2D eigenvalue weighted by Crippen LogP contribution is -2.58. The predicted octanol–water partition coefficient (Wildman–Crippen LogP) is -3.51. The number of aliphatic hydroxyl groups excluding tert-OH is 1. The van der Waals surface area contributed by atoms with Crippen LogP contribution in [0.1, 0.15) is 19.8 Å². The number of amides is 4. The minimum Gasteiger partial charge on any atom is -0.480 e. The van der Waals surface area contributed by atoms with E-state index in [1.807, 2.05) is 0 Å². The predicted molar refractivity (Wildman–Crippen MR) is 101 cm³/mol. The highest BCUT2D eigenvalue weighted by atomic mass is 32.2. The van der Waals surface area contributed by atoms with Gasteiger partial charge in [0.2, 0.25) is 23.6 Å². The van der Waals surface area contributed by atoms with Crippen LogP contribution in [0, 0.1) is 0 Å². The molecule has 4 amide bonds. The fraction of sp³-hybridized carbons (Fsp3) is 0.667. The Balaban J connectivity index is 5.19. The number of aliphatic carboxylic acids is 1. The van der Waals surface area contributed by atoms with E-state index in [0.29, 0.717) is 5.75 Å². The Bertz CT molecular complexity index is 587. The quantitative estimate of drug-likeness (QED) is 0.157. The summed E-state index contributed by atoms with van der Waals surface area (Å²) in [7, 11) is 0. The van der Waals surface area contributed by atoms with Gasteiger partial charge in [0, 0.05) is 0 Å². The van der Waals surface area contributed by atoms with E-state index < -0.39 is 66.8 Å². The van der Waals surface area contributed by atoms with Crippen molar-refractivity contribution in [2.45, 2.75) is 43.9 Å². The molecule has 0 saturated carbocycles. The number of carboxylic acids is 1. The minimum atomic E-state index is -1.55. The van der Waals surface area contributed by atoms with Crippen LogP contribution in [0.2, 0.25) is 0 Å². The molecule has 0 bridgehead atoms. The summed E-state index contributed by atoms with van der Waals surface area (Å²) in [6, 6.07) is -4.97. The fourth-order valence-electron chi connectivity index (χ4n) is 1.95. The topological polar surface area (TPSA) is 214 Å². The van der Waals surface area contributed by atoms with E-state index in [2.05, 4.69) is 16.0 Å². The SMILES string of the molecule is CSCCC(NC(=O)C(CO)NC(=O)C(C)N)C(=O)NC(CC(N)=O)C(=O)O. The summed E-state index contributed by atoms with van der Waals surface area (Å²) in [6.45, 7) is 0.655. The number of hydrogen-bond donors (Lipinski definition) is 7. The molecule has 0 aliphatic carbocycles. The Hall–Kier alpha value is -2.38. The molecule has 0 rings (SSSR count). The van der Waals surface area contributed by atoms with E-state index in [-0.39, 0.29) is 6.42 Å². The van der Waals surface area contributed by atoms with Gasteiger partial charge in [0.05, 0.1) is 19.1 Å². The summed E-state index contributed by atoms with van der Waals surface area (Å²) in [5, 5.41) is 25.1. The Morgan fingerprint density at radius 3 is 1.89 bits per heavy atom. The molecular weight excluding hydrogens is 394 g/mol. The zero-order valence-electron chi connectivity index (χ0n) is 15.6. The molecular formula is C15H27N5O7S. The molecule has 13 heteroatoms. The summed E-state index contributed by atoms with van der Waals surface area (Å²) in [5.74, 6) is -4.30. The highest BCUT2D eigenvalue weighted by Gasteiger charge is 2.30. The summed E-state index contributed by atoms with van der Waals surface area (Å²) in [5.41, 5.74) is 10.4. The van der Waals surface area contributed by atoms with Gasteiger partial charge in [0.1, 0.15) is 18.1 Å². The van der Waals surface area contributed by atoms with E-state index in [4.69, 9.17) is 16.6 Å². The van der Waals surface area contributed by atoms with Crippen molar-refractivity contribution < 1.29 is 34.2 Å². The zero-order valence-corrected chi connectivity index (χ0v) is 16.5. The number of carboxylic acid groups (broad SMARTS) is 1. The third kappa shape index (κ3) is 9.53. The first kappa shape index (κ1) is 25.6. The van der Waals surface area contributed by atoms with Gasteiger partial charge in [-0.3, -0.25) is 19.2 Å². The Morgan fingerprint density at radius 2 is 1.46 bits per heavy atom. The normalized spacial score (nSPS) is 14.9. The van der Waals surface area contributed by atoms with Crippen molar-refractivity contribution in [1.29, 1.82) is 0 Å². The average molecular weight is 421 g/mol. The van der Waals surface area contributed by atoms with Crippen LogP contribution in [-0.4, -0.2) is 82.6 Å². The van der Waals surface area contributed by atoms with Crippen molar-refractivity contribution >= 4 is 41.4 Å². The van der Waals surface area contributed by atoms with Crippen molar-refractivity contribution in [2.75, 3.05) is 18.6 Å². The summed E-state index contributed by atoms with van der Waals surface area (Å²) in [4.78, 5) is 58.4. The van der Waals surface area contributed by atoms with Crippen LogP contribution in [-0.2, 0) is 24.0 Å². The van der Waals surface area contributed by atoms with Crippen molar-refractivity contribution in [1.82, 2.24) is 16.0 Å². The van der Waals surface area contributed by atoms with Crippen molar-refractivity contribution in [3.05, 3.63) is 0 Å². The molecule has 0 heterocycles. The molecule has 0 aromatic rings. The van der Waals surface area contributed by atoms with Crippen molar-refractivity contribution in [3.63, 3.8) is 0 Å². The molecule has 0 saturated heterocycles. The zero-order chi connectivity index (χ0) is 21.9. The molecule has 4 unspecified atom stereocenters. The Kier molecular flexibility index (Phi) is 11.8. The molecule has 0 aromatic carbocycles. The van der Waals surface area contributed by atoms with E-state index in [1.165, 1.54) is 18.7 Å². The minimum absolute atomic E-state index is 0.140. The standard InChI is InChI=1S/C15H27N5O7S/c1-7(16)12(23)20-10(6-21)14(25)18-8(3-4-28-2)13(24)19-9(15(26)27)5-11(17)22/h7-10,21H,3-6,16H2,1-2H3,(H2,17,22)(H,18,25)(H,19,24)(H,20,23)(H,26,27). The first-order valence-electron chi connectivity index (χ1n) is 8.31. The average Bonchev–Trinajstić information content (AvgIpc) is 2.61. The van der Waals surface area contributed by atoms with Gasteiger partial charge in [0.15, 0.2) is 0 Å². The maximum absolute atomic E-state index is 12.4. The van der Waals surface area contributed by atoms with Crippen LogP contribution >= 0.6 is 11.8 Å². The molecule has 0 aliphatic heterocycles. The maximum atomic E-state index is 12.4. The van der Waals surface area contributed by atoms with Crippen LogP contribution in [0.4, 0.5) is 0 Å². The smallest absolute Gasteiger partial charge is 0.326 e. The molecule has 0 spiro atoms. The second-order valence-electron chi connectivity index (χ2n) is 5.94. The monoisotopic (exact) mass is 421 g/mol. The highest BCUT2D eigenvalue weighted by molar-refractivity contribution is 7.98. The van der Waals surface area contributed by atoms with Gasteiger partial charge in [0.25, 0.3) is 0 Å². The van der Waals surface area contributed by atoms with Gasteiger partial charge in [-0.2, -0.15) is 11.8 Å². The molecule has 9 N–H and O–H groups in total. The molecule has 160 valence electrons. The first-order valence-corrected chi connectivity index (χ1v) is 9.70. The van der Waals surface area contributed by atoms with Crippen LogP contribution in [0.3, 0.4) is 0 Å².